The lowest BCUT2D eigenvalue weighted by Crippen LogP contribution is -2.36. The molecule has 1 aliphatic rings. The zero-order valence-corrected chi connectivity index (χ0v) is 15.7. The molecule has 1 aliphatic heterocycles. The molecule has 2 aromatic carbocycles. The van der Waals surface area contributed by atoms with Crippen molar-refractivity contribution in [3.8, 4) is 17.2 Å². The third-order valence-corrected chi connectivity index (χ3v) is 4.29. The van der Waals surface area contributed by atoms with Crippen LogP contribution >= 0.6 is 11.6 Å². The number of ether oxygens (including phenoxy) is 1. The van der Waals surface area contributed by atoms with Gasteiger partial charge in [0.05, 0.1) is 28.8 Å². The number of amides is 2. The zero-order valence-electron chi connectivity index (χ0n) is 15.0. The molecule has 0 aliphatic carbocycles. The zero-order chi connectivity index (χ0) is 19.9. The molecule has 0 atom stereocenters. The largest absolute Gasteiger partial charge is 0.443 e. The van der Waals surface area contributed by atoms with Gasteiger partial charge in [-0.25, -0.2) is 14.1 Å². The topological polar surface area (TPSA) is 70.4 Å². The highest BCUT2D eigenvalue weighted by Crippen LogP contribution is 2.36. The molecule has 2 aromatic rings. The van der Waals surface area contributed by atoms with E-state index in [1.165, 1.54) is 24.3 Å². The first-order valence-electron chi connectivity index (χ1n) is 8.18. The number of nitrogens with zero attached hydrogens (tertiary/aromatic N) is 2. The molecule has 27 heavy (non-hydrogen) atoms. The number of hydrogen-bond acceptors (Lipinski definition) is 4. The van der Waals surface area contributed by atoms with Gasteiger partial charge >= 0.3 is 6.09 Å². The van der Waals surface area contributed by atoms with Crippen molar-refractivity contribution in [2.45, 2.75) is 32.9 Å². The lowest BCUT2D eigenvalue weighted by molar-refractivity contribution is 0.0248. The van der Waals surface area contributed by atoms with Gasteiger partial charge in [0.15, 0.2) is 0 Å². The molecule has 5 nitrogen and oxygen atoms in total. The minimum Gasteiger partial charge on any atom is -0.443 e. The van der Waals surface area contributed by atoms with E-state index in [0.717, 1.165) is 4.90 Å². The van der Waals surface area contributed by atoms with Gasteiger partial charge in [0, 0.05) is 5.56 Å². The van der Waals surface area contributed by atoms with Crippen molar-refractivity contribution in [2.75, 3.05) is 0 Å². The van der Waals surface area contributed by atoms with E-state index in [0.29, 0.717) is 11.1 Å². The van der Waals surface area contributed by atoms with E-state index in [-0.39, 0.29) is 28.3 Å². The van der Waals surface area contributed by atoms with Gasteiger partial charge in [-0.05, 0) is 56.2 Å². The normalized spacial score (nSPS) is 13.3. The molecule has 0 aromatic heterocycles. The fraction of sp³-hybridized carbons (Fsp3) is 0.250. The van der Waals surface area contributed by atoms with Crippen molar-refractivity contribution in [3.05, 3.63) is 57.9 Å². The number of halogens is 2. The minimum atomic E-state index is -0.773. The van der Waals surface area contributed by atoms with Gasteiger partial charge < -0.3 is 4.74 Å². The molecule has 0 saturated carbocycles. The number of carbonyl (C=O) groups is 2. The average Bonchev–Trinajstić information content (AvgIpc) is 2.90. The fourth-order valence-corrected chi connectivity index (χ4v) is 3.24. The second-order valence-corrected chi connectivity index (χ2v) is 7.55. The summed E-state index contributed by atoms with van der Waals surface area (Å²) >= 11 is 6.27. The summed E-state index contributed by atoms with van der Waals surface area (Å²) in [5.74, 6) is -1.14. The molecule has 0 bridgehead atoms. The Balaban J connectivity index is 2.04. The number of fused-ring (bicyclic) bond motifs is 1. The van der Waals surface area contributed by atoms with Crippen LogP contribution in [0.25, 0.3) is 11.1 Å². The number of benzene rings is 2. The highest BCUT2D eigenvalue weighted by atomic mass is 35.5. The van der Waals surface area contributed by atoms with Gasteiger partial charge in [-0.3, -0.25) is 4.79 Å². The van der Waals surface area contributed by atoms with Gasteiger partial charge in [0.1, 0.15) is 11.4 Å². The Labute approximate surface area is 160 Å². The average molecular weight is 387 g/mol. The van der Waals surface area contributed by atoms with E-state index in [4.69, 9.17) is 16.3 Å². The van der Waals surface area contributed by atoms with E-state index in [1.807, 2.05) is 6.07 Å². The van der Waals surface area contributed by atoms with Gasteiger partial charge in [-0.15, -0.1) is 0 Å². The number of hydrogen-bond donors (Lipinski definition) is 0. The van der Waals surface area contributed by atoms with Gasteiger partial charge in [-0.1, -0.05) is 17.7 Å². The molecule has 2 amide bonds. The third-order valence-electron chi connectivity index (χ3n) is 4.00. The summed E-state index contributed by atoms with van der Waals surface area (Å²) in [7, 11) is 0. The first kappa shape index (κ1) is 18.9. The molecule has 0 spiro atoms. The summed E-state index contributed by atoms with van der Waals surface area (Å²) in [6.07, 6.45) is -0.773. The first-order valence-corrected chi connectivity index (χ1v) is 8.56. The lowest BCUT2D eigenvalue weighted by Gasteiger charge is -2.23. The van der Waals surface area contributed by atoms with Crippen LogP contribution in [0.3, 0.4) is 0 Å². The molecule has 3 rings (SSSR count). The number of rotatable bonds is 1. The Morgan fingerprint density at radius 3 is 2.63 bits per heavy atom. The third kappa shape index (κ3) is 3.51. The highest BCUT2D eigenvalue weighted by molar-refractivity contribution is 6.35. The standard InChI is InChI=1S/C20H16ClFN2O3/c1-20(2,3)27-19(26)24-10-13-7-12(8-14(21)17(13)18(24)25)16-11(9-23)5-4-6-15(16)22/h4-8H,10H2,1-3H3. The van der Waals surface area contributed by atoms with E-state index in [2.05, 4.69) is 0 Å². The lowest BCUT2D eigenvalue weighted by atomic mass is 9.96. The summed E-state index contributed by atoms with van der Waals surface area (Å²) in [4.78, 5) is 25.9. The monoisotopic (exact) mass is 386 g/mol. The molecule has 0 N–H and O–H groups in total. The minimum absolute atomic E-state index is 0.0347. The molecule has 0 fully saturated rings. The fourth-order valence-electron chi connectivity index (χ4n) is 2.92. The van der Waals surface area contributed by atoms with Gasteiger partial charge in [-0.2, -0.15) is 5.26 Å². The molecular weight excluding hydrogens is 371 g/mol. The van der Waals surface area contributed by atoms with Crippen molar-refractivity contribution in [1.82, 2.24) is 4.90 Å². The first-order chi connectivity index (χ1) is 12.6. The Bertz CT molecular complexity index is 1010. The number of imide groups is 1. The predicted molar refractivity (Wildman–Crippen MR) is 97.7 cm³/mol. The molecule has 7 heteroatoms. The van der Waals surface area contributed by atoms with Crippen LogP contribution in [-0.4, -0.2) is 22.5 Å². The molecule has 0 unspecified atom stereocenters. The van der Waals surface area contributed by atoms with Crippen molar-refractivity contribution in [2.24, 2.45) is 0 Å². The SMILES string of the molecule is CC(C)(C)OC(=O)N1Cc2cc(-c3c(F)cccc3C#N)cc(Cl)c2C1=O. The molecular formula is C20H16ClFN2O3. The van der Waals surface area contributed by atoms with Crippen LogP contribution in [0.15, 0.2) is 30.3 Å². The maximum absolute atomic E-state index is 14.3. The second-order valence-electron chi connectivity index (χ2n) is 7.14. The van der Waals surface area contributed by atoms with Gasteiger partial charge in [0.2, 0.25) is 0 Å². The van der Waals surface area contributed by atoms with Gasteiger partial charge in [0.25, 0.3) is 5.91 Å². The molecule has 1 heterocycles. The molecule has 0 saturated heterocycles. The predicted octanol–water partition coefficient (Wildman–Crippen LogP) is 4.91. The van der Waals surface area contributed by atoms with Crippen LogP contribution in [0, 0.1) is 17.1 Å². The van der Waals surface area contributed by atoms with E-state index in [9.17, 15) is 19.2 Å². The highest BCUT2D eigenvalue weighted by Gasteiger charge is 2.37. The van der Waals surface area contributed by atoms with Crippen LogP contribution in [0.2, 0.25) is 5.02 Å². The quantitative estimate of drug-likeness (QED) is 0.698. The summed E-state index contributed by atoms with van der Waals surface area (Å²) in [5.41, 5.74) is 0.525. The van der Waals surface area contributed by atoms with Crippen LogP contribution < -0.4 is 0 Å². The number of carbonyl (C=O) groups excluding carboxylic acids is 2. The van der Waals surface area contributed by atoms with Crippen molar-refractivity contribution >= 4 is 23.6 Å². The molecule has 138 valence electrons. The summed E-state index contributed by atoms with van der Waals surface area (Å²) < 4.78 is 19.6. The summed E-state index contributed by atoms with van der Waals surface area (Å²) in [6.45, 7) is 5.06. The van der Waals surface area contributed by atoms with Crippen LogP contribution in [0.1, 0.15) is 42.3 Å². The van der Waals surface area contributed by atoms with Crippen molar-refractivity contribution in [3.63, 3.8) is 0 Å². The Kier molecular flexibility index (Phi) is 4.66. The van der Waals surface area contributed by atoms with E-state index >= 15 is 0 Å². The van der Waals surface area contributed by atoms with Crippen LogP contribution in [-0.2, 0) is 11.3 Å². The molecule has 0 radical (unpaired) electrons. The summed E-state index contributed by atoms with van der Waals surface area (Å²) in [5, 5.41) is 9.35. The Morgan fingerprint density at radius 1 is 1.30 bits per heavy atom. The maximum atomic E-state index is 14.3. The van der Waals surface area contributed by atoms with Crippen molar-refractivity contribution < 1.29 is 18.7 Å². The van der Waals surface area contributed by atoms with Crippen molar-refractivity contribution in [1.29, 1.82) is 5.26 Å². The smallest absolute Gasteiger partial charge is 0.417 e. The van der Waals surface area contributed by atoms with E-state index < -0.39 is 23.4 Å². The second kappa shape index (κ2) is 6.67. The Hall–Kier alpha value is -2.91. The van der Waals surface area contributed by atoms with E-state index in [1.54, 1.807) is 26.8 Å². The summed E-state index contributed by atoms with van der Waals surface area (Å²) in [6, 6.07) is 9.14. The maximum Gasteiger partial charge on any atom is 0.417 e. The Morgan fingerprint density at radius 2 is 2.00 bits per heavy atom. The number of nitriles is 1. The van der Waals surface area contributed by atoms with Crippen LogP contribution in [0.5, 0.6) is 0 Å². The van der Waals surface area contributed by atoms with Crippen LogP contribution in [0.4, 0.5) is 9.18 Å².